The summed E-state index contributed by atoms with van der Waals surface area (Å²) in [5.74, 6) is 1.15. The molecule has 4 heteroatoms. The van der Waals surface area contributed by atoms with Crippen molar-refractivity contribution in [3.05, 3.63) is 0 Å². The van der Waals surface area contributed by atoms with Crippen LogP contribution in [0.2, 0.25) is 0 Å². The zero-order chi connectivity index (χ0) is 16.5. The second kappa shape index (κ2) is 6.88. The van der Waals surface area contributed by atoms with E-state index in [2.05, 4.69) is 24.1 Å². The molecule has 0 aromatic heterocycles. The Balaban J connectivity index is 1.95. The van der Waals surface area contributed by atoms with Crippen LogP contribution in [0.3, 0.4) is 0 Å². The number of rotatable bonds is 5. The SMILES string of the molecule is CC(C)N1CC(CC(O)C2CC2)CC(NC(=O)C(C)(C)C)C1. The summed E-state index contributed by atoms with van der Waals surface area (Å²) >= 11 is 0. The first-order valence-corrected chi connectivity index (χ1v) is 8.90. The van der Waals surface area contributed by atoms with Crippen LogP contribution in [-0.2, 0) is 4.79 Å². The van der Waals surface area contributed by atoms with Gasteiger partial charge in [-0.25, -0.2) is 0 Å². The van der Waals surface area contributed by atoms with Gasteiger partial charge in [0.2, 0.25) is 5.91 Å². The Morgan fingerprint density at radius 2 is 1.91 bits per heavy atom. The lowest BCUT2D eigenvalue weighted by molar-refractivity contribution is -0.129. The molecule has 128 valence electrons. The number of nitrogens with zero attached hydrogens (tertiary/aromatic N) is 1. The van der Waals surface area contributed by atoms with E-state index in [0.29, 0.717) is 17.9 Å². The summed E-state index contributed by atoms with van der Waals surface area (Å²) in [5.41, 5.74) is -0.344. The molecule has 0 radical (unpaired) electrons. The maximum absolute atomic E-state index is 12.3. The summed E-state index contributed by atoms with van der Waals surface area (Å²) in [7, 11) is 0. The predicted octanol–water partition coefficient (Wildman–Crippen LogP) is 2.41. The van der Waals surface area contributed by atoms with Gasteiger partial charge < -0.3 is 10.4 Å². The number of hydrogen-bond donors (Lipinski definition) is 2. The summed E-state index contributed by atoms with van der Waals surface area (Å²) in [6, 6.07) is 0.689. The van der Waals surface area contributed by atoms with E-state index in [0.717, 1.165) is 25.9 Å². The first kappa shape index (κ1) is 17.7. The van der Waals surface area contributed by atoms with E-state index in [9.17, 15) is 9.90 Å². The van der Waals surface area contributed by atoms with Crippen molar-refractivity contribution in [2.45, 2.75) is 78.5 Å². The average Bonchev–Trinajstić information content (AvgIpc) is 3.21. The van der Waals surface area contributed by atoms with Crippen LogP contribution in [0.25, 0.3) is 0 Å². The first-order chi connectivity index (χ1) is 10.2. The second-order valence-corrected chi connectivity index (χ2v) is 8.71. The Morgan fingerprint density at radius 1 is 1.27 bits per heavy atom. The van der Waals surface area contributed by atoms with Gasteiger partial charge in [-0.3, -0.25) is 9.69 Å². The Morgan fingerprint density at radius 3 is 2.41 bits per heavy atom. The highest BCUT2D eigenvalue weighted by atomic mass is 16.3. The summed E-state index contributed by atoms with van der Waals surface area (Å²) in [6.45, 7) is 12.3. The molecule has 1 aliphatic carbocycles. The molecule has 4 nitrogen and oxygen atoms in total. The monoisotopic (exact) mass is 310 g/mol. The molecule has 2 N–H and O–H groups in total. The van der Waals surface area contributed by atoms with E-state index in [1.54, 1.807) is 0 Å². The van der Waals surface area contributed by atoms with Crippen LogP contribution in [0.5, 0.6) is 0 Å². The third kappa shape index (κ3) is 4.95. The van der Waals surface area contributed by atoms with Gasteiger partial charge in [-0.1, -0.05) is 20.8 Å². The molecule has 2 fully saturated rings. The van der Waals surface area contributed by atoms with Crippen molar-refractivity contribution >= 4 is 5.91 Å². The van der Waals surface area contributed by atoms with Gasteiger partial charge in [0.25, 0.3) is 0 Å². The average molecular weight is 310 g/mol. The highest BCUT2D eigenvalue weighted by Gasteiger charge is 2.36. The van der Waals surface area contributed by atoms with Crippen molar-refractivity contribution in [2.75, 3.05) is 13.1 Å². The largest absolute Gasteiger partial charge is 0.393 e. The first-order valence-electron chi connectivity index (χ1n) is 8.90. The summed E-state index contributed by atoms with van der Waals surface area (Å²) in [6.07, 6.45) is 4.11. The molecule has 3 unspecified atom stereocenters. The van der Waals surface area contributed by atoms with Crippen molar-refractivity contribution < 1.29 is 9.90 Å². The number of carbonyl (C=O) groups is 1. The Kier molecular flexibility index (Phi) is 5.54. The summed E-state index contributed by atoms with van der Waals surface area (Å²) in [4.78, 5) is 14.7. The number of carbonyl (C=O) groups excluding carboxylic acids is 1. The van der Waals surface area contributed by atoms with Crippen molar-refractivity contribution in [3.63, 3.8) is 0 Å². The fourth-order valence-electron chi connectivity index (χ4n) is 3.35. The molecule has 1 heterocycles. The van der Waals surface area contributed by atoms with Crippen molar-refractivity contribution in [1.29, 1.82) is 0 Å². The Bertz CT molecular complexity index is 383. The molecule has 0 bridgehead atoms. The van der Waals surface area contributed by atoms with E-state index in [1.807, 2.05) is 20.8 Å². The lowest BCUT2D eigenvalue weighted by Crippen LogP contribution is -2.54. The van der Waals surface area contributed by atoms with Gasteiger partial charge in [-0.15, -0.1) is 0 Å². The van der Waals surface area contributed by atoms with Gasteiger partial charge in [-0.2, -0.15) is 0 Å². The molecule has 2 aliphatic rings. The second-order valence-electron chi connectivity index (χ2n) is 8.71. The van der Waals surface area contributed by atoms with Gasteiger partial charge >= 0.3 is 0 Å². The number of likely N-dealkylation sites (tertiary alicyclic amines) is 1. The van der Waals surface area contributed by atoms with E-state index >= 15 is 0 Å². The van der Waals surface area contributed by atoms with E-state index in [1.165, 1.54) is 12.8 Å². The zero-order valence-electron chi connectivity index (χ0n) is 14.9. The van der Waals surface area contributed by atoms with Crippen LogP contribution in [0.4, 0.5) is 0 Å². The third-order valence-electron chi connectivity index (χ3n) is 5.05. The number of aliphatic hydroxyl groups excluding tert-OH is 1. The summed E-state index contributed by atoms with van der Waals surface area (Å²) in [5, 5.41) is 13.5. The molecule has 2 rings (SSSR count). The van der Waals surface area contributed by atoms with Crippen molar-refractivity contribution in [2.24, 2.45) is 17.3 Å². The fourth-order valence-corrected chi connectivity index (χ4v) is 3.35. The quantitative estimate of drug-likeness (QED) is 0.820. The minimum absolute atomic E-state index is 0.129. The molecule has 22 heavy (non-hydrogen) atoms. The Hall–Kier alpha value is -0.610. The van der Waals surface area contributed by atoms with E-state index < -0.39 is 0 Å². The van der Waals surface area contributed by atoms with Gasteiger partial charge in [-0.05, 0) is 51.4 Å². The molecule has 1 aliphatic heterocycles. The molecular formula is C18H34N2O2. The fraction of sp³-hybridized carbons (Fsp3) is 0.944. The predicted molar refractivity (Wildman–Crippen MR) is 89.5 cm³/mol. The van der Waals surface area contributed by atoms with Gasteiger partial charge in [0.15, 0.2) is 0 Å². The van der Waals surface area contributed by atoms with Gasteiger partial charge in [0.1, 0.15) is 0 Å². The molecule has 0 aromatic rings. The maximum atomic E-state index is 12.3. The van der Waals surface area contributed by atoms with Crippen LogP contribution in [0.1, 0.15) is 60.3 Å². The van der Waals surface area contributed by atoms with Crippen LogP contribution in [0.15, 0.2) is 0 Å². The topological polar surface area (TPSA) is 52.6 Å². The van der Waals surface area contributed by atoms with Crippen LogP contribution >= 0.6 is 0 Å². The van der Waals surface area contributed by atoms with E-state index in [4.69, 9.17) is 0 Å². The molecular weight excluding hydrogens is 276 g/mol. The number of amides is 1. The standard InChI is InChI=1S/C18H34N2O2/c1-12(2)20-10-13(9-16(21)14-6-7-14)8-15(11-20)19-17(22)18(3,4)5/h12-16,21H,6-11H2,1-5H3,(H,19,22). The lowest BCUT2D eigenvalue weighted by Gasteiger charge is -2.41. The summed E-state index contributed by atoms with van der Waals surface area (Å²) < 4.78 is 0. The highest BCUT2D eigenvalue weighted by molar-refractivity contribution is 5.81. The van der Waals surface area contributed by atoms with Crippen molar-refractivity contribution in [3.8, 4) is 0 Å². The van der Waals surface area contributed by atoms with Crippen LogP contribution < -0.4 is 5.32 Å². The maximum Gasteiger partial charge on any atom is 0.225 e. The number of piperidine rings is 1. The molecule has 0 spiro atoms. The van der Waals surface area contributed by atoms with Gasteiger partial charge in [0, 0.05) is 30.6 Å². The van der Waals surface area contributed by atoms with Crippen LogP contribution in [-0.4, -0.2) is 47.2 Å². The van der Waals surface area contributed by atoms with Crippen molar-refractivity contribution in [1.82, 2.24) is 10.2 Å². The molecule has 1 saturated carbocycles. The normalized spacial score (nSPS) is 28.7. The zero-order valence-corrected chi connectivity index (χ0v) is 14.9. The Labute approximate surface area is 135 Å². The van der Waals surface area contributed by atoms with Gasteiger partial charge in [0.05, 0.1) is 6.10 Å². The lowest BCUT2D eigenvalue weighted by atomic mass is 9.87. The smallest absolute Gasteiger partial charge is 0.225 e. The molecule has 0 aromatic carbocycles. The number of hydrogen-bond acceptors (Lipinski definition) is 3. The highest BCUT2D eigenvalue weighted by Crippen LogP contribution is 2.36. The molecule has 3 atom stereocenters. The van der Waals surface area contributed by atoms with Crippen LogP contribution in [0, 0.1) is 17.3 Å². The van der Waals surface area contributed by atoms with E-state index in [-0.39, 0.29) is 23.5 Å². The number of nitrogens with one attached hydrogen (secondary N) is 1. The minimum Gasteiger partial charge on any atom is -0.393 e. The molecule has 1 amide bonds. The number of aliphatic hydroxyl groups is 1. The molecule has 1 saturated heterocycles. The third-order valence-corrected chi connectivity index (χ3v) is 5.05. The minimum atomic E-state index is -0.344.